The smallest absolute Gasteiger partial charge is 0.242 e. The standard InChI is InChI=1S/C17H17N3O2/c1-22-14-9-7-12(8-10-14)15-11-16(17(18)21)20(19-15)13-5-3-2-4-6-13/h2-10,16H,11H2,1H3,(H2,18,21). The van der Waals surface area contributed by atoms with Crippen molar-refractivity contribution in [1.29, 1.82) is 0 Å². The third-order valence-electron chi connectivity index (χ3n) is 3.68. The molecular weight excluding hydrogens is 278 g/mol. The zero-order valence-corrected chi connectivity index (χ0v) is 12.3. The van der Waals surface area contributed by atoms with Gasteiger partial charge in [-0.1, -0.05) is 18.2 Å². The third-order valence-corrected chi connectivity index (χ3v) is 3.68. The predicted molar refractivity (Wildman–Crippen MR) is 86.1 cm³/mol. The molecule has 1 unspecified atom stereocenters. The highest BCUT2D eigenvalue weighted by molar-refractivity contribution is 6.06. The number of nitrogens with two attached hydrogens (primary N) is 1. The normalized spacial score (nSPS) is 17.2. The van der Waals surface area contributed by atoms with Crippen LogP contribution in [0, 0.1) is 0 Å². The number of carbonyl (C=O) groups excluding carboxylic acids is 1. The Hall–Kier alpha value is -2.82. The SMILES string of the molecule is COc1ccc(C2=NN(c3ccccc3)C(C(N)=O)C2)cc1. The lowest BCUT2D eigenvalue weighted by atomic mass is 10.0. The van der Waals surface area contributed by atoms with Crippen molar-refractivity contribution >= 4 is 17.3 Å². The third kappa shape index (κ3) is 2.65. The highest BCUT2D eigenvalue weighted by Gasteiger charge is 2.32. The van der Waals surface area contributed by atoms with E-state index in [9.17, 15) is 4.79 Å². The zero-order valence-electron chi connectivity index (χ0n) is 12.3. The van der Waals surface area contributed by atoms with Crippen molar-refractivity contribution in [2.75, 3.05) is 12.1 Å². The minimum absolute atomic E-state index is 0.379. The fourth-order valence-electron chi connectivity index (χ4n) is 2.51. The predicted octanol–water partition coefficient (Wildman–Crippen LogP) is 2.16. The summed E-state index contributed by atoms with van der Waals surface area (Å²) in [6, 6.07) is 16.7. The molecule has 5 heteroatoms. The van der Waals surface area contributed by atoms with E-state index in [-0.39, 0.29) is 5.91 Å². The first kappa shape index (κ1) is 14.1. The molecule has 2 aromatic carbocycles. The van der Waals surface area contributed by atoms with Crippen LogP contribution in [0.2, 0.25) is 0 Å². The van der Waals surface area contributed by atoms with E-state index in [4.69, 9.17) is 10.5 Å². The molecule has 1 aliphatic heterocycles. The summed E-state index contributed by atoms with van der Waals surface area (Å²) in [6.45, 7) is 0. The second-order valence-corrected chi connectivity index (χ2v) is 5.08. The second kappa shape index (κ2) is 5.89. The number of amides is 1. The van der Waals surface area contributed by atoms with Crippen LogP contribution in [0.1, 0.15) is 12.0 Å². The first-order valence-electron chi connectivity index (χ1n) is 7.04. The van der Waals surface area contributed by atoms with Gasteiger partial charge in [-0.15, -0.1) is 0 Å². The molecule has 112 valence electrons. The number of hydrazone groups is 1. The maximum Gasteiger partial charge on any atom is 0.242 e. The molecule has 5 nitrogen and oxygen atoms in total. The molecule has 1 amide bonds. The summed E-state index contributed by atoms with van der Waals surface area (Å²) in [5.41, 5.74) is 8.20. The number of primary amides is 1. The number of hydrogen-bond acceptors (Lipinski definition) is 4. The van der Waals surface area contributed by atoms with Crippen molar-refractivity contribution in [3.63, 3.8) is 0 Å². The van der Waals surface area contributed by atoms with Crippen molar-refractivity contribution in [3.8, 4) is 5.75 Å². The molecule has 1 atom stereocenters. The van der Waals surface area contributed by atoms with Crippen LogP contribution in [0.3, 0.4) is 0 Å². The van der Waals surface area contributed by atoms with Gasteiger partial charge in [0.1, 0.15) is 11.8 Å². The minimum Gasteiger partial charge on any atom is -0.497 e. The fourth-order valence-corrected chi connectivity index (χ4v) is 2.51. The van der Waals surface area contributed by atoms with E-state index in [0.29, 0.717) is 6.42 Å². The number of ether oxygens (including phenoxy) is 1. The zero-order chi connectivity index (χ0) is 15.5. The van der Waals surface area contributed by atoms with Crippen LogP contribution in [0.5, 0.6) is 5.75 Å². The summed E-state index contributed by atoms with van der Waals surface area (Å²) in [5.74, 6) is 0.407. The van der Waals surface area contributed by atoms with Gasteiger partial charge < -0.3 is 10.5 Å². The van der Waals surface area contributed by atoms with Gasteiger partial charge in [0.2, 0.25) is 5.91 Å². The summed E-state index contributed by atoms with van der Waals surface area (Å²) in [4.78, 5) is 11.7. The lowest BCUT2D eigenvalue weighted by Gasteiger charge is -2.20. The van der Waals surface area contributed by atoms with E-state index < -0.39 is 6.04 Å². The molecule has 1 aliphatic rings. The number of anilines is 1. The molecule has 0 fully saturated rings. The van der Waals surface area contributed by atoms with Crippen LogP contribution in [-0.2, 0) is 4.79 Å². The van der Waals surface area contributed by atoms with Gasteiger partial charge in [0, 0.05) is 6.42 Å². The van der Waals surface area contributed by atoms with Gasteiger partial charge in [0.05, 0.1) is 18.5 Å². The molecule has 2 N–H and O–H groups in total. The van der Waals surface area contributed by atoms with Gasteiger partial charge in [-0.05, 0) is 42.0 Å². The number of para-hydroxylation sites is 1. The van der Waals surface area contributed by atoms with Crippen molar-refractivity contribution in [2.24, 2.45) is 10.8 Å². The van der Waals surface area contributed by atoms with Crippen LogP contribution >= 0.6 is 0 Å². The molecule has 0 radical (unpaired) electrons. The van der Waals surface area contributed by atoms with Gasteiger partial charge in [-0.25, -0.2) is 0 Å². The number of rotatable bonds is 4. The minimum atomic E-state index is -0.459. The lowest BCUT2D eigenvalue weighted by molar-refractivity contribution is -0.119. The molecule has 2 aromatic rings. The average Bonchev–Trinajstić information content (AvgIpc) is 3.01. The number of carbonyl (C=O) groups is 1. The molecule has 0 saturated carbocycles. The van der Waals surface area contributed by atoms with Crippen molar-refractivity contribution < 1.29 is 9.53 Å². The summed E-state index contributed by atoms with van der Waals surface area (Å²) in [7, 11) is 1.63. The Labute approximate surface area is 129 Å². The number of methoxy groups -OCH3 is 1. The molecule has 0 spiro atoms. The summed E-state index contributed by atoms with van der Waals surface area (Å²) < 4.78 is 5.16. The van der Waals surface area contributed by atoms with E-state index in [1.165, 1.54) is 0 Å². The van der Waals surface area contributed by atoms with Crippen LogP contribution in [0.4, 0.5) is 5.69 Å². The Balaban J connectivity index is 1.93. The lowest BCUT2D eigenvalue weighted by Crippen LogP contribution is -2.39. The van der Waals surface area contributed by atoms with Gasteiger partial charge in [0.25, 0.3) is 0 Å². The Morgan fingerprint density at radius 2 is 1.86 bits per heavy atom. The van der Waals surface area contributed by atoms with E-state index >= 15 is 0 Å². The molecule has 22 heavy (non-hydrogen) atoms. The van der Waals surface area contributed by atoms with Crippen molar-refractivity contribution in [2.45, 2.75) is 12.5 Å². The Bertz CT molecular complexity index is 696. The molecule has 0 aliphatic carbocycles. The highest BCUT2D eigenvalue weighted by Crippen LogP contribution is 2.27. The first-order valence-corrected chi connectivity index (χ1v) is 7.04. The van der Waals surface area contributed by atoms with Crippen molar-refractivity contribution in [1.82, 2.24) is 0 Å². The topological polar surface area (TPSA) is 67.9 Å². The van der Waals surface area contributed by atoms with E-state index in [1.54, 1.807) is 12.1 Å². The number of benzene rings is 2. The van der Waals surface area contributed by atoms with E-state index in [1.807, 2.05) is 54.6 Å². The molecule has 0 bridgehead atoms. The fraction of sp³-hybridized carbons (Fsp3) is 0.176. The Morgan fingerprint density at radius 1 is 1.18 bits per heavy atom. The molecule has 0 aromatic heterocycles. The van der Waals surface area contributed by atoms with Crippen LogP contribution < -0.4 is 15.5 Å². The average molecular weight is 295 g/mol. The van der Waals surface area contributed by atoms with Gasteiger partial charge >= 0.3 is 0 Å². The van der Waals surface area contributed by atoms with E-state index in [0.717, 1.165) is 22.7 Å². The van der Waals surface area contributed by atoms with E-state index in [2.05, 4.69) is 5.10 Å². The molecule has 3 rings (SSSR count). The van der Waals surface area contributed by atoms with Crippen LogP contribution in [-0.4, -0.2) is 24.8 Å². The van der Waals surface area contributed by atoms with Gasteiger partial charge in [0.15, 0.2) is 0 Å². The number of nitrogens with zero attached hydrogens (tertiary/aromatic N) is 2. The quantitative estimate of drug-likeness (QED) is 0.940. The van der Waals surface area contributed by atoms with Crippen LogP contribution in [0.25, 0.3) is 0 Å². The Kier molecular flexibility index (Phi) is 3.78. The summed E-state index contributed by atoms with van der Waals surface area (Å²) in [5, 5.41) is 6.29. The monoisotopic (exact) mass is 295 g/mol. The first-order chi connectivity index (χ1) is 10.7. The van der Waals surface area contributed by atoms with Gasteiger partial charge in [-0.2, -0.15) is 5.10 Å². The highest BCUT2D eigenvalue weighted by atomic mass is 16.5. The largest absolute Gasteiger partial charge is 0.497 e. The van der Waals surface area contributed by atoms with Crippen LogP contribution in [0.15, 0.2) is 59.7 Å². The van der Waals surface area contributed by atoms with Crippen molar-refractivity contribution in [3.05, 3.63) is 60.2 Å². The molecular formula is C17H17N3O2. The Morgan fingerprint density at radius 3 is 2.45 bits per heavy atom. The second-order valence-electron chi connectivity index (χ2n) is 5.08. The molecule has 0 saturated heterocycles. The number of hydrogen-bond donors (Lipinski definition) is 1. The maximum absolute atomic E-state index is 11.7. The maximum atomic E-state index is 11.7. The summed E-state index contributed by atoms with van der Waals surface area (Å²) >= 11 is 0. The molecule has 1 heterocycles. The summed E-state index contributed by atoms with van der Waals surface area (Å²) in [6.07, 6.45) is 0.497. The van der Waals surface area contributed by atoms with Gasteiger partial charge in [-0.3, -0.25) is 9.80 Å².